The Bertz CT molecular complexity index is 442. The minimum Gasteiger partial charge on any atom is -0.371 e. The lowest BCUT2D eigenvalue weighted by Gasteiger charge is -2.13. The van der Waals surface area contributed by atoms with Crippen LogP contribution in [-0.2, 0) is 4.74 Å². The van der Waals surface area contributed by atoms with Crippen LogP contribution < -0.4 is 0 Å². The summed E-state index contributed by atoms with van der Waals surface area (Å²) in [7, 11) is 0. The average Bonchev–Trinajstić information content (AvgIpc) is 3.06. The summed E-state index contributed by atoms with van der Waals surface area (Å²) in [6, 6.07) is 0. The summed E-state index contributed by atoms with van der Waals surface area (Å²) in [4.78, 5) is 7.70. The first-order chi connectivity index (χ1) is 7.63. The molecule has 1 heterocycles. The van der Waals surface area contributed by atoms with Gasteiger partial charge in [-0.2, -0.15) is 0 Å². The van der Waals surface area contributed by atoms with Gasteiger partial charge >= 0.3 is 0 Å². The Morgan fingerprint density at radius 2 is 2.31 bits per heavy atom. The first-order valence-electron chi connectivity index (χ1n) is 5.54. The van der Waals surface area contributed by atoms with Crippen LogP contribution in [0.1, 0.15) is 50.2 Å². The number of nitrogens with zero attached hydrogens (tertiary/aromatic N) is 1. The summed E-state index contributed by atoms with van der Waals surface area (Å²) in [5, 5.41) is 0. The Balaban J connectivity index is 2.36. The van der Waals surface area contributed by atoms with E-state index in [1.54, 1.807) is 0 Å². The lowest BCUT2D eigenvalue weighted by atomic mass is 10.2. The molecule has 1 unspecified atom stereocenters. The van der Waals surface area contributed by atoms with Crippen molar-refractivity contribution in [2.45, 2.75) is 38.7 Å². The number of rotatable bonds is 4. The van der Waals surface area contributed by atoms with E-state index in [0.29, 0.717) is 17.2 Å². The summed E-state index contributed by atoms with van der Waals surface area (Å²) < 4.78 is 7.09. The van der Waals surface area contributed by atoms with Gasteiger partial charge in [-0.05, 0) is 42.6 Å². The first-order valence-corrected chi connectivity index (χ1v) is 6.74. The SMILES string of the molecule is CCOC(C)c1nc(=S)c(Br)c(C2CC2)[nH]1. The van der Waals surface area contributed by atoms with Gasteiger partial charge in [0.15, 0.2) is 0 Å². The molecule has 2 rings (SSSR count). The predicted molar refractivity (Wildman–Crippen MR) is 69.1 cm³/mol. The van der Waals surface area contributed by atoms with E-state index in [0.717, 1.165) is 10.3 Å². The second-order valence-corrected chi connectivity index (χ2v) is 5.21. The molecule has 0 amide bonds. The van der Waals surface area contributed by atoms with Gasteiger partial charge in [0.1, 0.15) is 16.6 Å². The molecule has 1 saturated carbocycles. The van der Waals surface area contributed by atoms with Gasteiger partial charge in [-0.15, -0.1) is 0 Å². The van der Waals surface area contributed by atoms with Crippen LogP contribution in [-0.4, -0.2) is 16.6 Å². The summed E-state index contributed by atoms with van der Waals surface area (Å²) in [6.45, 7) is 4.64. The number of hydrogen-bond donors (Lipinski definition) is 1. The lowest BCUT2D eigenvalue weighted by Crippen LogP contribution is -2.07. The quantitative estimate of drug-likeness (QED) is 0.858. The molecule has 88 valence electrons. The van der Waals surface area contributed by atoms with Crippen molar-refractivity contribution in [2.75, 3.05) is 6.61 Å². The third-order valence-electron chi connectivity index (χ3n) is 2.70. The first kappa shape index (κ1) is 12.2. The maximum Gasteiger partial charge on any atom is 0.144 e. The van der Waals surface area contributed by atoms with Crippen molar-refractivity contribution in [3.63, 3.8) is 0 Å². The molecule has 1 aromatic rings. The topological polar surface area (TPSA) is 37.9 Å². The van der Waals surface area contributed by atoms with E-state index in [-0.39, 0.29) is 6.10 Å². The molecular formula is C11H15BrN2OS. The Labute approximate surface area is 109 Å². The maximum absolute atomic E-state index is 5.52. The second kappa shape index (κ2) is 4.94. The van der Waals surface area contributed by atoms with Crippen molar-refractivity contribution in [1.29, 1.82) is 0 Å². The molecule has 0 spiro atoms. The van der Waals surface area contributed by atoms with Gasteiger partial charge in [0, 0.05) is 18.2 Å². The fourth-order valence-electron chi connectivity index (χ4n) is 1.67. The van der Waals surface area contributed by atoms with E-state index in [1.165, 1.54) is 18.5 Å². The van der Waals surface area contributed by atoms with Gasteiger partial charge in [0.25, 0.3) is 0 Å². The Morgan fingerprint density at radius 3 is 2.88 bits per heavy atom. The van der Waals surface area contributed by atoms with E-state index < -0.39 is 0 Å². The molecule has 1 N–H and O–H groups in total. The van der Waals surface area contributed by atoms with Crippen LogP contribution in [0.4, 0.5) is 0 Å². The fourth-order valence-corrected chi connectivity index (χ4v) is 2.39. The minimum atomic E-state index is -0.0303. The Morgan fingerprint density at radius 1 is 1.62 bits per heavy atom. The number of aromatic nitrogens is 2. The summed E-state index contributed by atoms with van der Waals surface area (Å²) in [5.41, 5.74) is 1.18. The van der Waals surface area contributed by atoms with Crippen LogP contribution in [0, 0.1) is 4.64 Å². The van der Waals surface area contributed by atoms with Crippen molar-refractivity contribution in [3.8, 4) is 0 Å². The zero-order valence-electron chi connectivity index (χ0n) is 9.42. The standard InChI is InChI=1S/C11H15BrN2OS/c1-3-15-6(2)10-13-9(7-4-5-7)8(12)11(16)14-10/h6-7H,3-5H2,1-2H3,(H,13,14,16). The van der Waals surface area contributed by atoms with E-state index in [2.05, 4.69) is 25.9 Å². The van der Waals surface area contributed by atoms with E-state index in [4.69, 9.17) is 17.0 Å². The van der Waals surface area contributed by atoms with Gasteiger partial charge in [-0.25, -0.2) is 4.98 Å². The largest absolute Gasteiger partial charge is 0.371 e. The predicted octanol–water partition coefficient (Wildman–Crippen LogP) is 3.88. The highest BCUT2D eigenvalue weighted by atomic mass is 79.9. The van der Waals surface area contributed by atoms with Gasteiger partial charge in [0.05, 0.1) is 4.47 Å². The molecule has 0 saturated heterocycles. The molecule has 0 aliphatic heterocycles. The summed E-state index contributed by atoms with van der Waals surface area (Å²) in [6.07, 6.45) is 2.43. The molecule has 5 heteroatoms. The highest BCUT2D eigenvalue weighted by Crippen LogP contribution is 2.42. The van der Waals surface area contributed by atoms with Gasteiger partial charge < -0.3 is 9.72 Å². The summed E-state index contributed by atoms with van der Waals surface area (Å²) in [5.74, 6) is 1.45. The minimum absolute atomic E-state index is 0.0303. The molecule has 16 heavy (non-hydrogen) atoms. The van der Waals surface area contributed by atoms with Crippen molar-refractivity contribution >= 4 is 28.1 Å². The highest BCUT2D eigenvalue weighted by molar-refractivity contribution is 9.10. The second-order valence-electron chi connectivity index (χ2n) is 4.03. The third kappa shape index (κ3) is 2.52. The molecule has 1 aliphatic carbocycles. The molecule has 1 aliphatic rings. The number of hydrogen-bond acceptors (Lipinski definition) is 3. The zero-order valence-corrected chi connectivity index (χ0v) is 11.8. The summed E-state index contributed by atoms with van der Waals surface area (Å²) >= 11 is 8.75. The van der Waals surface area contributed by atoms with Crippen molar-refractivity contribution < 1.29 is 4.74 Å². The molecule has 0 radical (unpaired) electrons. The molecule has 0 bridgehead atoms. The lowest BCUT2D eigenvalue weighted by molar-refractivity contribution is 0.0697. The fraction of sp³-hybridized carbons (Fsp3) is 0.636. The maximum atomic E-state index is 5.52. The number of halogens is 1. The number of H-pyrrole nitrogens is 1. The van der Waals surface area contributed by atoms with Gasteiger partial charge in [-0.1, -0.05) is 12.2 Å². The Hall–Kier alpha value is -0.260. The van der Waals surface area contributed by atoms with Gasteiger partial charge in [0.2, 0.25) is 0 Å². The van der Waals surface area contributed by atoms with E-state index in [9.17, 15) is 0 Å². The number of ether oxygens (including phenoxy) is 1. The number of aromatic amines is 1. The normalized spacial score (nSPS) is 17.4. The van der Waals surface area contributed by atoms with Crippen LogP contribution in [0.3, 0.4) is 0 Å². The van der Waals surface area contributed by atoms with Gasteiger partial charge in [-0.3, -0.25) is 0 Å². The molecule has 1 aromatic heterocycles. The smallest absolute Gasteiger partial charge is 0.144 e. The molecule has 0 aromatic carbocycles. The van der Waals surface area contributed by atoms with Crippen molar-refractivity contribution in [3.05, 3.63) is 20.6 Å². The molecular weight excluding hydrogens is 288 g/mol. The van der Waals surface area contributed by atoms with Crippen LogP contribution >= 0.6 is 28.1 Å². The molecule has 3 nitrogen and oxygen atoms in total. The number of nitrogens with one attached hydrogen (secondary N) is 1. The third-order valence-corrected chi connectivity index (χ3v) is 4.06. The molecule has 1 fully saturated rings. The van der Waals surface area contributed by atoms with Crippen molar-refractivity contribution in [2.24, 2.45) is 0 Å². The van der Waals surface area contributed by atoms with E-state index in [1.807, 2.05) is 13.8 Å². The highest BCUT2D eigenvalue weighted by Gasteiger charge is 2.28. The molecule has 1 atom stereocenters. The average molecular weight is 303 g/mol. The van der Waals surface area contributed by atoms with E-state index >= 15 is 0 Å². The van der Waals surface area contributed by atoms with Crippen molar-refractivity contribution in [1.82, 2.24) is 9.97 Å². The van der Waals surface area contributed by atoms with Crippen LogP contribution in [0.5, 0.6) is 0 Å². The van der Waals surface area contributed by atoms with Crippen LogP contribution in [0.25, 0.3) is 0 Å². The van der Waals surface area contributed by atoms with Crippen LogP contribution in [0.2, 0.25) is 0 Å². The Kier molecular flexibility index (Phi) is 3.77. The zero-order chi connectivity index (χ0) is 11.7. The van der Waals surface area contributed by atoms with Crippen LogP contribution in [0.15, 0.2) is 4.47 Å². The monoisotopic (exact) mass is 302 g/mol.